The lowest BCUT2D eigenvalue weighted by Crippen LogP contribution is -2.26. The number of amides is 1. The number of aromatic amines is 1. The maximum absolute atomic E-state index is 13.2. The van der Waals surface area contributed by atoms with E-state index < -0.39 is 18.0 Å². The zero-order valence-electron chi connectivity index (χ0n) is 18.7. The molecular formula is C25H26N2O5. The van der Waals surface area contributed by atoms with E-state index in [9.17, 15) is 14.4 Å². The van der Waals surface area contributed by atoms with E-state index in [1.165, 1.54) is 14.0 Å². The Kier molecular flexibility index (Phi) is 6.78. The molecule has 1 aromatic heterocycles. The van der Waals surface area contributed by atoms with Crippen molar-refractivity contribution in [1.29, 1.82) is 0 Å². The summed E-state index contributed by atoms with van der Waals surface area (Å²) in [7, 11) is 1.51. The SMILES string of the molecule is COc1ccc(C)cc1NC(=O)[C@@H](OC(=O)c1[nH]c(C)c(C(C)=O)c1C)c1ccccc1. The number of hydrogen-bond acceptors (Lipinski definition) is 5. The van der Waals surface area contributed by atoms with Crippen molar-refractivity contribution >= 4 is 23.3 Å². The maximum atomic E-state index is 13.2. The Morgan fingerprint density at radius 3 is 2.28 bits per heavy atom. The summed E-state index contributed by atoms with van der Waals surface area (Å²) >= 11 is 0. The Balaban J connectivity index is 1.93. The second-order valence-corrected chi connectivity index (χ2v) is 7.57. The Morgan fingerprint density at radius 1 is 1.00 bits per heavy atom. The van der Waals surface area contributed by atoms with E-state index in [-0.39, 0.29) is 11.5 Å². The second kappa shape index (κ2) is 9.51. The molecule has 0 fully saturated rings. The highest BCUT2D eigenvalue weighted by Gasteiger charge is 2.29. The topological polar surface area (TPSA) is 97.5 Å². The van der Waals surface area contributed by atoms with Crippen LogP contribution in [0.3, 0.4) is 0 Å². The first-order valence-corrected chi connectivity index (χ1v) is 10.1. The van der Waals surface area contributed by atoms with E-state index in [4.69, 9.17) is 9.47 Å². The molecule has 1 atom stereocenters. The molecule has 0 saturated carbocycles. The van der Waals surface area contributed by atoms with E-state index in [2.05, 4.69) is 10.3 Å². The highest BCUT2D eigenvalue weighted by molar-refractivity contribution is 6.02. The number of Topliss-reactive ketones (excluding diaryl/α,β-unsaturated/α-hetero) is 1. The summed E-state index contributed by atoms with van der Waals surface area (Å²) in [6, 6.07) is 14.1. The van der Waals surface area contributed by atoms with E-state index in [1.807, 2.05) is 19.1 Å². The number of ketones is 1. The number of carbonyl (C=O) groups is 3. The molecule has 1 amide bonds. The third kappa shape index (κ3) is 4.72. The van der Waals surface area contributed by atoms with Crippen LogP contribution in [0.4, 0.5) is 5.69 Å². The van der Waals surface area contributed by atoms with Gasteiger partial charge in [0.2, 0.25) is 6.10 Å². The first-order chi connectivity index (χ1) is 15.2. The Bertz CT molecular complexity index is 1160. The predicted octanol–water partition coefficient (Wildman–Crippen LogP) is 4.69. The number of benzene rings is 2. The molecule has 1 heterocycles. The highest BCUT2D eigenvalue weighted by Crippen LogP contribution is 2.29. The molecule has 0 saturated heterocycles. The van der Waals surface area contributed by atoms with Gasteiger partial charge in [-0.05, 0) is 51.0 Å². The summed E-state index contributed by atoms with van der Waals surface area (Å²) in [5, 5.41) is 2.80. The summed E-state index contributed by atoms with van der Waals surface area (Å²) in [6.45, 7) is 6.72. The number of methoxy groups -OCH3 is 1. The predicted molar refractivity (Wildman–Crippen MR) is 121 cm³/mol. The summed E-state index contributed by atoms with van der Waals surface area (Å²) in [5.74, 6) is -0.914. The van der Waals surface area contributed by atoms with Crippen molar-refractivity contribution in [2.24, 2.45) is 0 Å². The number of carbonyl (C=O) groups excluding carboxylic acids is 3. The van der Waals surface area contributed by atoms with Gasteiger partial charge in [0.05, 0.1) is 12.8 Å². The van der Waals surface area contributed by atoms with Crippen LogP contribution in [0.1, 0.15) is 56.3 Å². The number of nitrogens with one attached hydrogen (secondary N) is 2. The van der Waals surface area contributed by atoms with Crippen LogP contribution in [0, 0.1) is 20.8 Å². The average Bonchev–Trinajstić information content (AvgIpc) is 3.06. The van der Waals surface area contributed by atoms with Gasteiger partial charge in [0.1, 0.15) is 11.4 Å². The molecule has 3 rings (SSSR count). The van der Waals surface area contributed by atoms with Crippen LogP contribution in [0.5, 0.6) is 5.75 Å². The van der Waals surface area contributed by atoms with E-state index in [1.54, 1.807) is 50.2 Å². The van der Waals surface area contributed by atoms with Crippen LogP contribution in [0.15, 0.2) is 48.5 Å². The van der Waals surface area contributed by atoms with Gasteiger partial charge < -0.3 is 19.8 Å². The minimum absolute atomic E-state index is 0.148. The molecule has 0 aliphatic rings. The summed E-state index contributed by atoms with van der Waals surface area (Å²) in [4.78, 5) is 41.1. The standard InChI is InChI=1S/C25H26N2O5/c1-14-11-12-20(31-5)19(13-14)27-24(29)23(18-9-7-6-8-10-18)32-25(30)22-15(2)21(17(4)28)16(3)26-22/h6-13,23,26H,1-5H3,(H,27,29)/t23-/m0/s1. The zero-order valence-corrected chi connectivity index (χ0v) is 18.7. The van der Waals surface area contributed by atoms with Crippen LogP contribution < -0.4 is 10.1 Å². The molecule has 0 unspecified atom stereocenters. The minimum Gasteiger partial charge on any atom is -0.495 e. The molecule has 166 valence electrons. The number of hydrogen-bond donors (Lipinski definition) is 2. The van der Waals surface area contributed by atoms with Crippen molar-refractivity contribution in [2.45, 2.75) is 33.8 Å². The van der Waals surface area contributed by atoms with E-state index >= 15 is 0 Å². The molecule has 2 aromatic carbocycles. The maximum Gasteiger partial charge on any atom is 0.356 e. The van der Waals surface area contributed by atoms with Crippen LogP contribution in [0.25, 0.3) is 0 Å². The van der Waals surface area contributed by atoms with Crippen molar-refractivity contribution in [1.82, 2.24) is 4.98 Å². The zero-order chi connectivity index (χ0) is 23.4. The minimum atomic E-state index is -1.21. The van der Waals surface area contributed by atoms with Gasteiger partial charge in [0, 0.05) is 16.8 Å². The molecule has 7 nitrogen and oxygen atoms in total. The van der Waals surface area contributed by atoms with Crippen molar-refractivity contribution in [3.8, 4) is 5.75 Å². The number of rotatable bonds is 7. The molecule has 0 aliphatic heterocycles. The van der Waals surface area contributed by atoms with Gasteiger partial charge in [0.15, 0.2) is 5.78 Å². The summed E-state index contributed by atoms with van der Waals surface area (Å²) in [5.41, 5.74) is 3.58. The quantitative estimate of drug-likeness (QED) is 0.415. The molecular weight excluding hydrogens is 408 g/mol. The van der Waals surface area contributed by atoms with Crippen molar-refractivity contribution < 1.29 is 23.9 Å². The molecule has 3 aromatic rings. The average molecular weight is 434 g/mol. The number of aryl methyl sites for hydroxylation is 2. The Hall–Kier alpha value is -3.87. The largest absolute Gasteiger partial charge is 0.495 e. The fraction of sp³-hybridized carbons (Fsp3) is 0.240. The normalized spacial score (nSPS) is 11.5. The van der Waals surface area contributed by atoms with Gasteiger partial charge in [-0.3, -0.25) is 9.59 Å². The van der Waals surface area contributed by atoms with Crippen molar-refractivity contribution in [2.75, 3.05) is 12.4 Å². The van der Waals surface area contributed by atoms with Crippen LogP contribution in [0.2, 0.25) is 0 Å². The molecule has 7 heteroatoms. The highest BCUT2D eigenvalue weighted by atomic mass is 16.5. The molecule has 0 spiro atoms. The van der Waals surface area contributed by atoms with Crippen LogP contribution in [-0.4, -0.2) is 29.8 Å². The Labute approximate surface area is 186 Å². The molecule has 0 aliphatic carbocycles. The fourth-order valence-corrected chi connectivity index (χ4v) is 3.67. The third-order valence-corrected chi connectivity index (χ3v) is 5.17. The van der Waals surface area contributed by atoms with Gasteiger partial charge >= 0.3 is 5.97 Å². The molecule has 2 N–H and O–H groups in total. The molecule has 0 bridgehead atoms. The lowest BCUT2D eigenvalue weighted by Gasteiger charge is -2.19. The van der Waals surface area contributed by atoms with Gasteiger partial charge in [-0.2, -0.15) is 0 Å². The number of aromatic nitrogens is 1. The summed E-state index contributed by atoms with van der Waals surface area (Å²) < 4.78 is 11.0. The molecule has 32 heavy (non-hydrogen) atoms. The van der Waals surface area contributed by atoms with Crippen LogP contribution in [-0.2, 0) is 9.53 Å². The number of ether oxygens (including phenoxy) is 2. The van der Waals surface area contributed by atoms with E-state index in [0.29, 0.717) is 33.8 Å². The first kappa shape index (κ1) is 22.8. The lowest BCUT2D eigenvalue weighted by atomic mass is 10.1. The monoisotopic (exact) mass is 434 g/mol. The first-order valence-electron chi connectivity index (χ1n) is 10.1. The third-order valence-electron chi connectivity index (χ3n) is 5.17. The molecule has 0 radical (unpaired) electrons. The van der Waals surface area contributed by atoms with E-state index in [0.717, 1.165) is 5.56 Å². The number of H-pyrrole nitrogens is 1. The second-order valence-electron chi connectivity index (χ2n) is 7.57. The number of esters is 1. The van der Waals surface area contributed by atoms with Crippen molar-refractivity contribution in [3.05, 3.63) is 82.2 Å². The van der Waals surface area contributed by atoms with Crippen molar-refractivity contribution in [3.63, 3.8) is 0 Å². The van der Waals surface area contributed by atoms with Gasteiger partial charge in [0.25, 0.3) is 5.91 Å². The summed E-state index contributed by atoms with van der Waals surface area (Å²) in [6.07, 6.45) is -1.21. The number of anilines is 1. The lowest BCUT2D eigenvalue weighted by molar-refractivity contribution is -0.125. The van der Waals surface area contributed by atoms with Gasteiger partial charge in [-0.1, -0.05) is 36.4 Å². The van der Waals surface area contributed by atoms with Crippen LogP contribution >= 0.6 is 0 Å². The fourth-order valence-electron chi connectivity index (χ4n) is 3.67. The Morgan fingerprint density at radius 2 is 1.69 bits per heavy atom. The van der Waals surface area contributed by atoms with Gasteiger partial charge in [-0.25, -0.2) is 4.79 Å². The smallest absolute Gasteiger partial charge is 0.356 e. The van der Waals surface area contributed by atoms with Gasteiger partial charge in [-0.15, -0.1) is 0 Å².